The molecule has 164 valence electrons. The molecule has 32 heavy (non-hydrogen) atoms. The fourth-order valence-corrected chi connectivity index (χ4v) is 5.49. The lowest BCUT2D eigenvalue weighted by Crippen LogP contribution is -2.37. The first-order chi connectivity index (χ1) is 15.6. The SMILES string of the molecule is COc1ccc2c(c1OC)[C@@H]([C@@H]1CCNC1=O)N(C)c1c-2ccc2cc3c(cc12)OCO3. The summed E-state index contributed by atoms with van der Waals surface area (Å²) in [6, 6.07) is 12.1. The molecule has 0 aliphatic carbocycles. The number of methoxy groups -OCH3 is 2. The average molecular weight is 432 g/mol. The molecule has 2 atom stereocenters. The maximum absolute atomic E-state index is 12.9. The summed E-state index contributed by atoms with van der Waals surface area (Å²) in [5.74, 6) is 2.71. The van der Waals surface area contributed by atoms with Gasteiger partial charge in [0.2, 0.25) is 12.7 Å². The zero-order valence-electron chi connectivity index (χ0n) is 18.2. The summed E-state index contributed by atoms with van der Waals surface area (Å²) in [4.78, 5) is 15.1. The Morgan fingerprint density at radius 2 is 1.81 bits per heavy atom. The van der Waals surface area contributed by atoms with E-state index < -0.39 is 0 Å². The first-order valence-corrected chi connectivity index (χ1v) is 10.7. The van der Waals surface area contributed by atoms with Crippen LogP contribution in [0.3, 0.4) is 0 Å². The fourth-order valence-electron chi connectivity index (χ4n) is 5.49. The second-order valence-electron chi connectivity index (χ2n) is 8.39. The van der Waals surface area contributed by atoms with Crippen LogP contribution in [0, 0.1) is 5.92 Å². The summed E-state index contributed by atoms with van der Waals surface area (Å²) >= 11 is 0. The lowest BCUT2D eigenvalue weighted by atomic mass is 9.80. The van der Waals surface area contributed by atoms with E-state index in [4.69, 9.17) is 18.9 Å². The smallest absolute Gasteiger partial charge is 0.231 e. The van der Waals surface area contributed by atoms with Crippen LogP contribution in [0.25, 0.3) is 21.9 Å². The summed E-state index contributed by atoms with van der Waals surface area (Å²) in [7, 11) is 5.35. The second kappa shape index (κ2) is 6.95. The number of hydrogen-bond donors (Lipinski definition) is 1. The van der Waals surface area contributed by atoms with Crippen molar-refractivity contribution in [2.45, 2.75) is 12.5 Å². The van der Waals surface area contributed by atoms with Crippen LogP contribution in [0.1, 0.15) is 18.0 Å². The molecule has 0 radical (unpaired) electrons. The Balaban J connectivity index is 1.67. The first-order valence-electron chi connectivity index (χ1n) is 10.7. The number of hydrogen-bond acceptors (Lipinski definition) is 6. The van der Waals surface area contributed by atoms with Gasteiger partial charge in [0.15, 0.2) is 23.0 Å². The average Bonchev–Trinajstić information content (AvgIpc) is 3.44. The molecule has 7 nitrogen and oxygen atoms in total. The van der Waals surface area contributed by atoms with Gasteiger partial charge in [-0.3, -0.25) is 4.79 Å². The molecule has 3 heterocycles. The monoisotopic (exact) mass is 432 g/mol. The number of rotatable bonds is 3. The van der Waals surface area contributed by atoms with Crippen molar-refractivity contribution in [1.29, 1.82) is 0 Å². The topological polar surface area (TPSA) is 69.3 Å². The highest BCUT2D eigenvalue weighted by molar-refractivity contribution is 6.06. The van der Waals surface area contributed by atoms with Gasteiger partial charge in [0.1, 0.15) is 0 Å². The number of anilines is 1. The Morgan fingerprint density at radius 3 is 2.53 bits per heavy atom. The molecule has 3 aromatic rings. The number of carbonyl (C=O) groups excluding carboxylic acids is 1. The Hall–Kier alpha value is -3.61. The third-order valence-corrected chi connectivity index (χ3v) is 6.90. The van der Waals surface area contributed by atoms with Crippen LogP contribution in [-0.4, -0.2) is 40.5 Å². The van der Waals surface area contributed by atoms with Gasteiger partial charge in [-0.25, -0.2) is 0 Å². The van der Waals surface area contributed by atoms with Gasteiger partial charge in [-0.15, -0.1) is 0 Å². The molecule has 1 N–H and O–H groups in total. The van der Waals surface area contributed by atoms with Crippen LogP contribution in [-0.2, 0) is 4.79 Å². The molecule has 3 aromatic carbocycles. The van der Waals surface area contributed by atoms with Crippen molar-refractivity contribution >= 4 is 22.4 Å². The summed E-state index contributed by atoms with van der Waals surface area (Å²) in [5.41, 5.74) is 4.21. The Bertz CT molecular complexity index is 1270. The van der Waals surface area contributed by atoms with E-state index in [0.29, 0.717) is 18.0 Å². The van der Waals surface area contributed by atoms with Crippen LogP contribution < -0.4 is 29.2 Å². The lowest BCUT2D eigenvalue weighted by molar-refractivity contribution is -0.123. The van der Waals surface area contributed by atoms with Crippen molar-refractivity contribution in [3.8, 4) is 34.1 Å². The summed E-state index contributed by atoms with van der Waals surface area (Å²) < 4.78 is 22.7. The van der Waals surface area contributed by atoms with Crippen molar-refractivity contribution in [3.05, 3.63) is 42.0 Å². The molecule has 3 aliphatic rings. The predicted molar refractivity (Wildman–Crippen MR) is 121 cm³/mol. The number of ether oxygens (including phenoxy) is 4. The minimum atomic E-state index is -0.197. The molecular formula is C25H24N2O5. The van der Waals surface area contributed by atoms with Crippen LogP contribution in [0.2, 0.25) is 0 Å². The van der Waals surface area contributed by atoms with Gasteiger partial charge in [-0.05, 0) is 41.6 Å². The van der Waals surface area contributed by atoms with Crippen LogP contribution >= 0.6 is 0 Å². The van der Waals surface area contributed by atoms with Gasteiger partial charge in [-0.1, -0.05) is 12.1 Å². The molecule has 0 aromatic heterocycles. The van der Waals surface area contributed by atoms with Crippen molar-refractivity contribution in [2.24, 2.45) is 5.92 Å². The van der Waals surface area contributed by atoms with E-state index >= 15 is 0 Å². The molecule has 0 saturated carbocycles. The van der Waals surface area contributed by atoms with Crippen LogP contribution in [0.4, 0.5) is 5.69 Å². The largest absolute Gasteiger partial charge is 0.493 e. The third kappa shape index (κ3) is 2.51. The molecule has 1 saturated heterocycles. The number of nitrogens with zero attached hydrogens (tertiary/aromatic N) is 1. The van der Waals surface area contributed by atoms with E-state index in [1.165, 1.54) is 0 Å². The zero-order chi connectivity index (χ0) is 22.0. The molecular weight excluding hydrogens is 408 g/mol. The second-order valence-corrected chi connectivity index (χ2v) is 8.39. The third-order valence-electron chi connectivity index (χ3n) is 6.90. The molecule has 1 amide bonds. The van der Waals surface area contributed by atoms with E-state index in [9.17, 15) is 4.79 Å². The molecule has 7 heteroatoms. The molecule has 0 bridgehead atoms. The van der Waals surface area contributed by atoms with Crippen molar-refractivity contribution in [2.75, 3.05) is 39.5 Å². The van der Waals surface area contributed by atoms with Crippen molar-refractivity contribution in [3.63, 3.8) is 0 Å². The quantitative estimate of drug-likeness (QED) is 0.678. The molecule has 6 rings (SSSR count). The number of nitrogens with one attached hydrogen (secondary N) is 1. The first kappa shape index (κ1) is 19.1. The van der Waals surface area contributed by atoms with Gasteiger partial charge >= 0.3 is 0 Å². The number of carbonyl (C=O) groups is 1. The highest BCUT2D eigenvalue weighted by Crippen LogP contribution is 2.55. The number of benzene rings is 3. The Morgan fingerprint density at radius 1 is 1.03 bits per heavy atom. The van der Waals surface area contributed by atoms with E-state index in [-0.39, 0.29) is 24.7 Å². The maximum Gasteiger partial charge on any atom is 0.231 e. The summed E-state index contributed by atoms with van der Waals surface area (Å²) in [6.07, 6.45) is 0.764. The van der Waals surface area contributed by atoms with Crippen molar-refractivity contribution in [1.82, 2.24) is 5.32 Å². The van der Waals surface area contributed by atoms with Gasteiger partial charge in [0.05, 0.1) is 31.9 Å². The summed E-state index contributed by atoms with van der Waals surface area (Å²) in [5, 5.41) is 5.14. The van der Waals surface area contributed by atoms with Crippen LogP contribution in [0.5, 0.6) is 23.0 Å². The van der Waals surface area contributed by atoms with Gasteiger partial charge in [0, 0.05) is 30.1 Å². The molecule has 1 fully saturated rings. The van der Waals surface area contributed by atoms with E-state index in [2.05, 4.69) is 35.5 Å². The highest BCUT2D eigenvalue weighted by Gasteiger charge is 2.43. The van der Waals surface area contributed by atoms with Gasteiger partial charge in [-0.2, -0.15) is 0 Å². The molecule has 0 spiro atoms. The highest BCUT2D eigenvalue weighted by atomic mass is 16.7. The van der Waals surface area contributed by atoms with E-state index in [0.717, 1.165) is 51.1 Å². The van der Waals surface area contributed by atoms with E-state index in [1.54, 1.807) is 14.2 Å². The summed E-state index contributed by atoms with van der Waals surface area (Å²) in [6.45, 7) is 0.908. The zero-order valence-corrected chi connectivity index (χ0v) is 18.2. The standard InChI is InChI=1S/C25H24N2O5/c1-27-22-15(5-4-13-10-19-20(11-17(13)22)32-12-31-19)14-6-7-18(29-2)24(30-3)21(14)23(27)16-8-9-26-25(16)28/h4-7,10-11,16,23H,8-9,12H2,1-3H3,(H,26,28)/t16-,23+/m0/s1. The lowest BCUT2D eigenvalue weighted by Gasteiger charge is -2.41. The maximum atomic E-state index is 12.9. The molecule has 3 aliphatic heterocycles. The Kier molecular flexibility index (Phi) is 4.15. The number of fused-ring (bicyclic) bond motifs is 6. The van der Waals surface area contributed by atoms with Gasteiger partial charge in [0.25, 0.3) is 0 Å². The fraction of sp³-hybridized carbons (Fsp3) is 0.320. The Labute approximate surface area is 185 Å². The van der Waals surface area contributed by atoms with Crippen LogP contribution in [0.15, 0.2) is 36.4 Å². The van der Waals surface area contributed by atoms with Gasteiger partial charge < -0.3 is 29.2 Å². The number of amides is 1. The van der Waals surface area contributed by atoms with E-state index in [1.807, 2.05) is 18.2 Å². The minimum Gasteiger partial charge on any atom is -0.493 e. The minimum absolute atomic E-state index is 0.0685. The predicted octanol–water partition coefficient (Wildman–Crippen LogP) is 3.88. The van der Waals surface area contributed by atoms with Crippen molar-refractivity contribution < 1.29 is 23.7 Å². The normalized spacial score (nSPS) is 20.7. The molecule has 0 unspecified atom stereocenters.